The number of carbonyl (C=O) groups excluding carboxylic acids is 1. The molecule has 3 fully saturated rings. The number of amides is 1. The van der Waals surface area contributed by atoms with Crippen LogP contribution in [-0.2, 0) is 14.6 Å². The molecule has 3 heterocycles. The summed E-state index contributed by atoms with van der Waals surface area (Å²) in [6.45, 7) is 7.85. The minimum atomic E-state index is -3.00. The quantitative estimate of drug-likeness (QED) is 0.468. The topological polar surface area (TPSA) is 117 Å². The summed E-state index contributed by atoms with van der Waals surface area (Å²) in [4.78, 5) is 16.6. The standard InChI is InChI=1S/C26H36N6O3S/c1-16(2)14-36(34,35)15-18-4-6-21(7-5-18)29-23-12-24(30-22-8-9-22)32-26(31-23)20(13-27-32)10-19-11-25(33)28-17(19)3/h10,12-13,16,18,21-22,30H,3-9,11,14-15H2,1-2H3,(H,28,33)(H,29,31)/b19-10+. The van der Waals surface area contributed by atoms with Gasteiger partial charge in [-0.15, -0.1) is 0 Å². The lowest BCUT2D eigenvalue weighted by Crippen LogP contribution is -2.30. The first-order chi connectivity index (χ1) is 17.1. The van der Waals surface area contributed by atoms with Crippen molar-refractivity contribution in [3.63, 3.8) is 0 Å². The summed E-state index contributed by atoms with van der Waals surface area (Å²) >= 11 is 0. The number of anilines is 2. The molecular formula is C26H36N6O3S. The van der Waals surface area contributed by atoms with Crippen LogP contribution in [0.5, 0.6) is 0 Å². The van der Waals surface area contributed by atoms with E-state index in [1.165, 1.54) is 0 Å². The Labute approximate surface area is 212 Å². The molecule has 0 radical (unpaired) electrons. The Hall–Kier alpha value is -2.88. The second kappa shape index (κ2) is 9.88. The maximum absolute atomic E-state index is 12.4. The number of carbonyl (C=O) groups is 1. The fourth-order valence-electron chi connectivity index (χ4n) is 5.21. The molecule has 2 saturated carbocycles. The van der Waals surface area contributed by atoms with Gasteiger partial charge in [-0.2, -0.15) is 9.61 Å². The largest absolute Gasteiger partial charge is 0.367 e. The van der Waals surface area contributed by atoms with Crippen LogP contribution in [0.15, 0.2) is 30.1 Å². The summed E-state index contributed by atoms with van der Waals surface area (Å²) < 4.78 is 26.7. The SMILES string of the molecule is C=C1NC(=O)C/C1=C\c1cnn2c(NC3CC3)cc(NC3CCC(CS(=O)(=O)CC(C)C)CC3)nc12. The summed E-state index contributed by atoms with van der Waals surface area (Å²) in [6, 6.07) is 2.71. The Morgan fingerprint density at radius 3 is 2.50 bits per heavy atom. The fraction of sp³-hybridized carbons (Fsp3) is 0.577. The van der Waals surface area contributed by atoms with Crippen molar-refractivity contribution in [3.05, 3.63) is 35.7 Å². The maximum atomic E-state index is 12.4. The lowest BCUT2D eigenvalue weighted by Gasteiger charge is -2.29. The predicted octanol–water partition coefficient (Wildman–Crippen LogP) is 3.76. The van der Waals surface area contributed by atoms with Gasteiger partial charge in [0, 0.05) is 29.4 Å². The zero-order valence-electron chi connectivity index (χ0n) is 21.1. The summed E-state index contributed by atoms with van der Waals surface area (Å²) in [5, 5.41) is 14.5. The molecule has 36 heavy (non-hydrogen) atoms. The highest BCUT2D eigenvalue weighted by atomic mass is 32.2. The van der Waals surface area contributed by atoms with E-state index in [0.29, 0.717) is 23.9 Å². The minimum absolute atomic E-state index is 0.0539. The van der Waals surface area contributed by atoms with Crippen molar-refractivity contribution >= 4 is 39.1 Å². The van der Waals surface area contributed by atoms with Crippen molar-refractivity contribution in [2.24, 2.45) is 11.8 Å². The van der Waals surface area contributed by atoms with Crippen LogP contribution in [-0.4, -0.2) is 52.5 Å². The van der Waals surface area contributed by atoms with E-state index in [1.54, 1.807) is 6.20 Å². The zero-order valence-corrected chi connectivity index (χ0v) is 21.9. The van der Waals surface area contributed by atoms with Gasteiger partial charge in [0.2, 0.25) is 5.91 Å². The van der Waals surface area contributed by atoms with Crippen LogP contribution in [0, 0.1) is 11.8 Å². The monoisotopic (exact) mass is 512 g/mol. The van der Waals surface area contributed by atoms with Crippen LogP contribution in [0.25, 0.3) is 11.7 Å². The van der Waals surface area contributed by atoms with Crippen molar-refractivity contribution < 1.29 is 13.2 Å². The Morgan fingerprint density at radius 1 is 1.17 bits per heavy atom. The number of hydrogen-bond acceptors (Lipinski definition) is 7. The molecule has 1 amide bonds. The van der Waals surface area contributed by atoms with E-state index in [-0.39, 0.29) is 29.5 Å². The van der Waals surface area contributed by atoms with Crippen molar-refractivity contribution in [1.82, 2.24) is 19.9 Å². The van der Waals surface area contributed by atoms with Gasteiger partial charge in [0.15, 0.2) is 15.5 Å². The van der Waals surface area contributed by atoms with Gasteiger partial charge in [-0.1, -0.05) is 20.4 Å². The summed E-state index contributed by atoms with van der Waals surface area (Å²) in [5.74, 6) is 2.59. The van der Waals surface area contributed by atoms with Crippen LogP contribution in [0.1, 0.15) is 64.4 Å². The molecule has 10 heteroatoms. The van der Waals surface area contributed by atoms with Crippen LogP contribution in [0.2, 0.25) is 0 Å². The average Bonchev–Trinajstić information content (AvgIpc) is 3.42. The number of hydrogen-bond donors (Lipinski definition) is 3. The smallest absolute Gasteiger partial charge is 0.228 e. The third-order valence-electron chi connectivity index (χ3n) is 7.06. The Kier molecular flexibility index (Phi) is 6.80. The average molecular weight is 513 g/mol. The molecular weight excluding hydrogens is 476 g/mol. The zero-order chi connectivity index (χ0) is 25.4. The molecule has 9 nitrogen and oxygen atoms in total. The highest BCUT2D eigenvalue weighted by molar-refractivity contribution is 7.91. The van der Waals surface area contributed by atoms with E-state index in [9.17, 15) is 13.2 Å². The lowest BCUT2D eigenvalue weighted by molar-refractivity contribution is -0.118. The number of fused-ring (bicyclic) bond motifs is 1. The molecule has 3 N–H and O–H groups in total. The van der Waals surface area contributed by atoms with Gasteiger partial charge in [0.05, 0.1) is 24.1 Å². The maximum Gasteiger partial charge on any atom is 0.228 e. The Balaban J connectivity index is 1.32. The molecule has 0 unspecified atom stereocenters. The first-order valence-electron chi connectivity index (χ1n) is 13.0. The summed E-state index contributed by atoms with van der Waals surface area (Å²) in [7, 11) is -3.00. The molecule has 1 aliphatic heterocycles. The molecule has 0 bridgehead atoms. The number of rotatable bonds is 9. The van der Waals surface area contributed by atoms with Gasteiger partial charge in [-0.05, 0) is 62.0 Å². The van der Waals surface area contributed by atoms with Crippen LogP contribution >= 0.6 is 0 Å². The van der Waals surface area contributed by atoms with Gasteiger partial charge < -0.3 is 16.0 Å². The van der Waals surface area contributed by atoms with E-state index in [2.05, 4.69) is 27.6 Å². The first-order valence-corrected chi connectivity index (χ1v) is 14.8. The summed E-state index contributed by atoms with van der Waals surface area (Å²) in [6.07, 6.45) is 9.93. The van der Waals surface area contributed by atoms with E-state index in [0.717, 1.165) is 66.9 Å². The van der Waals surface area contributed by atoms with Gasteiger partial charge in [0.25, 0.3) is 0 Å². The lowest BCUT2D eigenvalue weighted by atomic mass is 9.87. The minimum Gasteiger partial charge on any atom is -0.367 e. The number of nitrogens with zero attached hydrogens (tertiary/aromatic N) is 3. The predicted molar refractivity (Wildman–Crippen MR) is 142 cm³/mol. The van der Waals surface area contributed by atoms with E-state index < -0.39 is 9.84 Å². The molecule has 2 aromatic rings. The first kappa shape index (κ1) is 24.8. The fourth-order valence-corrected chi connectivity index (χ4v) is 7.41. The molecule has 0 spiro atoms. The molecule has 1 saturated heterocycles. The number of sulfone groups is 1. The van der Waals surface area contributed by atoms with Crippen LogP contribution < -0.4 is 16.0 Å². The van der Waals surface area contributed by atoms with Gasteiger partial charge in [0.1, 0.15) is 11.6 Å². The number of aromatic nitrogens is 3. The normalized spacial score (nSPS) is 24.0. The van der Waals surface area contributed by atoms with Gasteiger partial charge in [-0.3, -0.25) is 4.79 Å². The Morgan fingerprint density at radius 2 is 1.86 bits per heavy atom. The highest BCUT2D eigenvalue weighted by Gasteiger charge is 2.28. The molecule has 2 aromatic heterocycles. The van der Waals surface area contributed by atoms with Crippen molar-refractivity contribution in [3.8, 4) is 0 Å². The van der Waals surface area contributed by atoms with Gasteiger partial charge in [-0.25, -0.2) is 13.4 Å². The molecule has 2 aliphatic carbocycles. The molecule has 3 aliphatic rings. The molecule has 0 aromatic carbocycles. The molecule has 194 valence electrons. The third-order valence-corrected chi connectivity index (χ3v) is 9.22. The van der Waals surface area contributed by atoms with E-state index >= 15 is 0 Å². The second-order valence-corrected chi connectivity index (χ2v) is 13.1. The summed E-state index contributed by atoms with van der Waals surface area (Å²) in [5.41, 5.74) is 3.02. The van der Waals surface area contributed by atoms with E-state index in [1.807, 2.05) is 30.5 Å². The van der Waals surface area contributed by atoms with E-state index in [4.69, 9.17) is 4.98 Å². The van der Waals surface area contributed by atoms with Crippen molar-refractivity contribution in [2.75, 3.05) is 22.1 Å². The number of allylic oxidation sites excluding steroid dienone is 1. The van der Waals surface area contributed by atoms with Crippen LogP contribution in [0.3, 0.4) is 0 Å². The van der Waals surface area contributed by atoms with Crippen molar-refractivity contribution in [1.29, 1.82) is 0 Å². The highest BCUT2D eigenvalue weighted by Crippen LogP contribution is 2.31. The van der Waals surface area contributed by atoms with Crippen LogP contribution in [0.4, 0.5) is 11.6 Å². The second-order valence-electron chi connectivity index (χ2n) is 11.0. The molecule has 5 rings (SSSR count). The number of nitrogens with one attached hydrogen (secondary N) is 3. The Bertz CT molecular complexity index is 1300. The third kappa shape index (κ3) is 5.91. The van der Waals surface area contributed by atoms with Gasteiger partial charge >= 0.3 is 0 Å². The molecule has 0 atom stereocenters. The van der Waals surface area contributed by atoms with Crippen molar-refractivity contribution in [2.45, 2.75) is 70.9 Å².